The van der Waals surface area contributed by atoms with Gasteiger partial charge in [0.25, 0.3) is 0 Å². The van der Waals surface area contributed by atoms with E-state index in [0.717, 1.165) is 60.8 Å². The van der Waals surface area contributed by atoms with Crippen molar-refractivity contribution in [2.24, 2.45) is 0 Å². The van der Waals surface area contributed by atoms with Crippen LogP contribution in [0.1, 0.15) is 43.1 Å². The molecular weight excluding hydrogens is 458 g/mol. The van der Waals surface area contributed by atoms with Gasteiger partial charge in [-0.2, -0.15) is 5.10 Å². The molecule has 0 unspecified atom stereocenters. The second kappa shape index (κ2) is 9.77. The van der Waals surface area contributed by atoms with Crippen molar-refractivity contribution in [3.05, 3.63) is 84.3 Å². The van der Waals surface area contributed by atoms with E-state index >= 15 is 0 Å². The van der Waals surface area contributed by atoms with Gasteiger partial charge >= 0.3 is 0 Å². The number of aromatic nitrogens is 4. The lowest BCUT2D eigenvalue weighted by Gasteiger charge is -2.38. The van der Waals surface area contributed by atoms with E-state index in [1.165, 1.54) is 42.0 Å². The molecule has 0 spiro atoms. The van der Waals surface area contributed by atoms with Crippen molar-refractivity contribution in [2.45, 2.75) is 44.2 Å². The van der Waals surface area contributed by atoms with Gasteiger partial charge in [-0.25, -0.2) is 4.98 Å². The van der Waals surface area contributed by atoms with E-state index in [4.69, 9.17) is 14.8 Å². The molecule has 0 amide bonds. The number of benzene rings is 3. The van der Waals surface area contributed by atoms with Gasteiger partial charge in [0.15, 0.2) is 0 Å². The summed E-state index contributed by atoms with van der Waals surface area (Å²) in [5.41, 5.74) is 5.49. The smallest absolute Gasteiger partial charge is 0.111 e. The molecule has 1 aliphatic carbocycles. The maximum absolute atomic E-state index is 5.53. The van der Waals surface area contributed by atoms with E-state index in [1.54, 1.807) is 0 Å². The van der Waals surface area contributed by atoms with Gasteiger partial charge in [0.2, 0.25) is 0 Å². The number of imidazole rings is 1. The highest BCUT2D eigenvalue weighted by atomic mass is 16.5. The lowest BCUT2D eigenvalue weighted by Crippen LogP contribution is -2.45. The molecule has 0 atom stereocenters. The molecule has 2 aromatic heterocycles. The van der Waals surface area contributed by atoms with Crippen LogP contribution in [0.2, 0.25) is 0 Å². The fraction of sp³-hybridized carbons (Fsp3) is 0.355. The summed E-state index contributed by atoms with van der Waals surface area (Å²) in [5.74, 6) is 0.991. The summed E-state index contributed by atoms with van der Waals surface area (Å²) in [6.45, 7) is 3.94. The molecule has 3 heterocycles. The molecule has 1 saturated carbocycles. The maximum atomic E-state index is 5.53. The number of rotatable bonds is 5. The van der Waals surface area contributed by atoms with Gasteiger partial charge in [-0.1, -0.05) is 48.5 Å². The second-order valence-corrected chi connectivity index (χ2v) is 10.6. The first kappa shape index (κ1) is 22.7. The first-order valence-corrected chi connectivity index (χ1v) is 13.6. The normalized spacial score (nSPS) is 21.1. The highest BCUT2D eigenvalue weighted by Crippen LogP contribution is 2.32. The van der Waals surface area contributed by atoms with Gasteiger partial charge in [0.05, 0.1) is 36.0 Å². The molecule has 6 heteroatoms. The first-order valence-electron chi connectivity index (χ1n) is 13.6. The molecule has 6 nitrogen and oxygen atoms in total. The zero-order chi connectivity index (χ0) is 24.6. The Hall–Kier alpha value is -3.48. The summed E-state index contributed by atoms with van der Waals surface area (Å²) in [6.07, 6.45) is 7.84. The minimum atomic E-state index is 0.496. The zero-order valence-corrected chi connectivity index (χ0v) is 21.1. The van der Waals surface area contributed by atoms with Crippen LogP contribution in [0.25, 0.3) is 33.1 Å². The number of H-pyrrole nitrogens is 1. The fourth-order valence-corrected chi connectivity index (χ4v) is 6.17. The van der Waals surface area contributed by atoms with E-state index in [2.05, 4.69) is 87.5 Å². The van der Waals surface area contributed by atoms with E-state index in [9.17, 15) is 0 Å². The molecule has 1 saturated heterocycles. The molecule has 5 aromatic rings. The van der Waals surface area contributed by atoms with Crippen LogP contribution in [0.3, 0.4) is 0 Å². The van der Waals surface area contributed by atoms with E-state index < -0.39 is 0 Å². The molecule has 1 N–H and O–H groups in total. The highest BCUT2D eigenvalue weighted by molar-refractivity contribution is 5.83. The van der Waals surface area contributed by atoms with Crippen LogP contribution in [0.4, 0.5) is 0 Å². The largest absolute Gasteiger partial charge is 0.379 e. The van der Waals surface area contributed by atoms with Gasteiger partial charge in [0, 0.05) is 37.3 Å². The Labute approximate surface area is 217 Å². The van der Waals surface area contributed by atoms with Crippen LogP contribution in [0, 0.1) is 0 Å². The van der Waals surface area contributed by atoms with Crippen LogP contribution < -0.4 is 0 Å². The van der Waals surface area contributed by atoms with E-state index in [-0.39, 0.29) is 0 Å². The zero-order valence-electron chi connectivity index (χ0n) is 21.1. The van der Waals surface area contributed by atoms with Crippen LogP contribution in [0.5, 0.6) is 0 Å². The third-order valence-corrected chi connectivity index (χ3v) is 8.22. The number of fused-ring (bicyclic) bond motifs is 2. The van der Waals surface area contributed by atoms with Gasteiger partial charge < -0.3 is 9.72 Å². The predicted octanol–water partition coefficient (Wildman–Crippen LogP) is 5.99. The summed E-state index contributed by atoms with van der Waals surface area (Å²) in [5, 5.41) is 7.54. The standard InChI is InChI=1S/C31H33N5O/c1-2-4-24-19-22(5-6-23(24)3-1)20-31-32-29-12-7-25(21-30(29)33-31)28-13-14-36(34-28)27-10-8-26(9-11-27)35-15-17-37-18-16-35/h1-7,12-14,19,21,26-27H,8-11,15-18,20H2,(H,32,33)/t26-,27-. The van der Waals surface area contributed by atoms with Crippen LogP contribution in [-0.4, -0.2) is 57.0 Å². The lowest BCUT2D eigenvalue weighted by atomic mass is 9.90. The van der Waals surface area contributed by atoms with Gasteiger partial charge in [-0.05, 0) is 60.2 Å². The maximum Gasteiger partial charge on any atom is 0.111 e. The Kier molecular flexibility index (Phi) is 5.99. The molecule has 1 aliphatic heterocycles. The Morgan fingerprint density at radius 1 is 0.838 bits per heavy atom. The van der Waals surface area contributed by atoms with Gasteiger partial charge in [-0.15, -0.1) is 0 Å². The van der Waals surface area contributed by atoms with Crippen molar-refractivity contribution in [3.63, 3.8) is 0 Å². The first-order chi connectivity index (χ1) is 18.3. The molecule has 2 aliphatic rings. The minimum absolute atomic E-state index is 0.496. The Morgan fingerprint density at radius 2 is 1.65 bits per heavy atom. The molecular formula is C31H33N5O. The van der Waals surface area contributed by atoms with E-state index in [0.29, 0.717) is 12.1 Å². The second-order valence-electron chi connectivity index (χ2n) is 10.6. The third kappa shape index (κ3) is 4.67. The molecule has 0 bridgehead atoms. The summed E-state index contributed by atoms with van der Waals surface area (Å²) in [7, 11) is 0. The summed E-state index contributed by atoms with van der Waals surface area (Å²) in [4.78, 5) is 11.0. The average molecular weight is 492 g/mol. The Bertz CT molecular complexity index is 1520. The van der Waals surface area contributed by atoms with Gasteiger partial charge in [-0.3, -0.25) is 9.58 Å². The topological polar surface area (TPSA) is 59.0 Å². The number of aromatic amines is 1. The number of morpholine rings is 1. The molecule has 0 radical (unpaired) electrons. The van der Waals surface area contributed by atoms with Crippen molar-refractivity contribution >= 4 is 21.8 Å². The molecule has 3 aromatic carbocycles. The van der Waals surface area contributed by atoms with E-state index in [1.807, 2.05) is 0 Å². The number of hydrogen-bond donors (Lipinski definition) is 1. The van der Waals surface area contributed by atoms with Crippen LogP contribution >= 0.6 is 0 Å². The quantitative estimate of drug-likeness (QED) is 0.328. The summed E-state index contributed by atoms with van der Waals surface area (Å²) in [6, 6.07) is 24.9. The Balaban J connectivity index is 1.05. The number of ether oxygens (including phenoxy) is 1. The van der Waals surface area contributed by atoms with Crippen LogP contribution in [0.15, 0.2) is 72.9 Å². The van der Waals surface area contributed by atoms with Crippen molar-refractivity contribution in [1.29, 1.82) is 0 Å². The van der Waals surface area contributed by atoms with Crippen molar-refractivity contribution in [1.82, 2.24) is 24.6 Å². The molecule has 7 rings (SSSR count). The van der Waals surface area contributed by atoms with Crippen LogP contribution in [-0.2, 0) is 11.2 Å². The fourth-order valence-electron chi connectivity index (χ4n) is 6.17. The Morgan fingerprint density at radius 3 is 2.51 bits per heavy atom. The predicted molar refractivity (Wildman–Crippen MR) is 148 cm³/mol. The third-order valence-electron chi connectivity index (χ3n) is 8.22. The lowest BCUT2D eigenvalue weighted by molar-refractivity contribution is 0.00507. The number of hydrogen-bond acceptors (Lipinski definition) is 4. The highest BCUT2D eigenvalue weighted by Gasteiger charge is 2.28. The molecule has 188 valence electrons. The monoisotopic (exact) mass is 491 g/mol. The summed E-state index contributed by atoms with van der Waals surface area (Å²) >= 11 is 0. The van der Waals surface area contributed by atoms with Crippen molar-refractivity contribution < 1.29 is 4.74 Å². The van der Waals surface area contributed by atoms with Gasteiger partial charge in [0.1, 0.15) is 5.82 Å². The number of nitrogens with one attached hydrogen (secondary N) is 1. The molecule has 37 heavy (non-hydrogen) atoms. The van der Waals surface area contributed by atoms with Crippen molar-refractivity contribution in [2.75, 3.05) is 26.3 Å². The molecule has 2 fully saturated rings. The minimum Gasteiger partial charge on any atom is -0.379 e. The average Bonchev–Trinajstić information content (AvgIpc) is 3.60. The summed E-state index contributed by atoms with van der Waals surface area (Å²) < 4.78 is 7.73. The SMILES string of the molecule is c1ccc2cc(Cc3nc4ccc(-c5ccn([C@H]6CC[C@H](N7CCOCC7)CC6)n5)cc4[nH]3)ccc2c1. The number of nitrogens with zero attached hydrogens (tertiary/aromatic N) is 4. The van der Waals surface area contributed by atoms with Crippen molar-refractivity contribution in [3.8, 4) is 11.3 Å².